The van der Waals surface area contributed by atoms with Crippen molar-refractivity contribution in [2.45, 2.75) is 37.8 Å². The summed E-state index contributed by atoms with van der Waals surface area (Å²) in [6.45, 7) is 3.75. The summed E-state index contributed by atoms with van der Waals surface area (Å²) in [6.07, 6.45) is 0.206. The first-order chi connectivity index (χ1) is 21.5. The van der Waals surface area contributed by atoms with Gasteiger partial charge in [-0.05, 0) is 59.5 Å². The van der Waals surface area contributed by atoms with Crippen LogP contribution in [0.4, 0.5) is 5.69 Å². The number of carbonyl (C=O) groups excluding carboxylic acids is 2. The van der Waals surface area contributed by atoms with E-state index in [0.717, 1.165) is 9.87 Å². The van der Waals surface area contributed by atoms with Gasteiger partial charge in [-0.3, -0.25) is 13.9 Å². The lowest BCUT2D eigenvalue weighted by atomic mass is 10.0. The summed E-state index contributed by atoms with van der Waals surface area (Å²) in [5, 5.41) is 3.84. The van der Waals surface area contributed by atoms with Crippen molar-refractivity contribution in [1.82, 2.24) is 10.2 Å². The van der Waals surface area contributed by atoms with Crippen LogP contribution in [0.5, 0.6) is 0 Å². The second-order valence-electron chi connectivity index (χ2n) is 10.9. The fourth-order valence-corrected chi connectivity index (χ4v) is 6.82. The molecule has 1 unspecified atom stereocenters. The molecule has 4 aromatic carbocycles. The molecule has 0 aliphatic carbocycles. The second-order valence-corrected chi connectivity index (χ2v) is 14.1. The molecule has 236 valence electrons. The molecule has 45 heavy (non-hydrogen) atoms. The maximum Gasteiger partial charge on any atom is 0.264 e. The van der Waals surface area contributed by atoms with Gasteiger partial charge in [0.2, 0.25) is 11.8 Å². The fourth-order valence-electron chi connectivity index (χ4n) is 4.68. The molecule has 0 bridgehead atoms. The predicted octanol–water partition coefficient (Wildman–Crippen LogP) is 7.25. The molecule has 1 atom stereocenters. The first-order valence-electron chi connectivity index (χ1n) is 14.3. The zero-order valence-electron chi connectivity index (χ0n) is 24.9. The van der Waals surface area contributed by atoms with E-state index in [2.05, 4.69) is 5.32 Å². The first-order valence-corrected chi connectivity index (χ1v) is 16.9. The number of carbonyl (C=O) groups is 2. The number of halogens is 3. The highest BCUT2D eigenvalue weighted by atomic mass is 35.5. The van der Waals surface area contributed by atoms with E-state index < -0.39 is 28.5 Å². The summed E-state index contributed by atoms with van der Waals surface area (Å²) in [4.78, 5) is 29.7. The molecule has 0 aliphatic heterocycles. The van der Waals surface area contributed by atoms with Crippen molar-refractivity contribution in [2.24, 2.45) is 5.92 Å². The lowest BCUT2D eigenvalue weighted by Gasteiger charge is -2.34. The van der Waals surface area contributed by atoms with Gasteiger partial charge in [0.05, 0.1) is 15.6 Å². The number of benzene rings is 4. The minimum Gasteiger partial charge on any atom is -0.354 e. The first kappa shape index (κ1) is 34.3. The average Bonchev–Trinajstić information content (AvgIpc) is 3.02. The van der Waals surface area contributed by atoms with Crippen LogP contribution >= 0.6 is 34.8 Å². The molecular weight excluding hydrogens is 653 g/mol. The molecule has 0 aliphatic rings. The van der Waals surface area contributed by atoms with E-state index in [4.69, 9.17) is 34.8 Å². The Hall–Kier alpha value is -3.56. The van der Waals surface area contributed by atoms with Gasteiger partial charge in [0.1, 0.15) is 12.6 Å². The van der Waals surface area contributed by atoms with Gasteiger partial charge in [0.25, 0.3) is 10.0 Å². The third kappa shape index (κ3) is 9.23. The van der Waals surface area contributed by atoms with E-state index in [1.807, 2.05) is 44.2 Å². The average molecular weight is 687 g/mol. The summed E-state index contributed by atoms with van der Waals surface area (Å²) in [5.74, 6) is -0.779. The van der Waals surface area contributed by atoms with Crippen LogP contribution in [0.2, 0.25) is 15.1 Å². The van der Waals surface area contributed by atoms with Crippen molar-refractivity contribution in [2.75, 3.05) is 17.4 Å². The van der Waals surface area contributed by atoms with Crippen LogP contribution in [0.1, 0.15) is 25.0 Å². The van der Waals surface area contributed by atoms with E-state index in [0.29, 0.717) is 22.2 Å². The molecule has 0 heterocycles. The molecular formula is C34H34Cl3N3O4S. The fraction of sp³-hybridized carbons (Fsp3) is 0.235. The lowest BCUT2D eigenvalue weighted by Crippen LogP contribution is -2.53. The Labute approximate surface area is 279 Å². The maximum atomic E-state index is 14.5. The molecule has 0 radical (unpaired) electrons. The van der Waals surface area contributed by atoms with Crippen LogP contribution in [0.25, 0.3) is 0 Å². The van der Waals surface area contributed by atoms with Crippen molar-refractivity contribution >= 4 is 62.3 Å². The van der Waals surface area contributed by atoms with Crippen molar-refractivity contribution in [1.29, 1.82) is 0 Å². The molecule has 4 rings (SSSR count). The third-order valence-corrected chi connectivity index (χ3v) is 9.57. The van der Waals surface area contributed by atoms with E-state index in [9.17, 15) is 18.0 Å². The molecule has 11 heteroatoms. The molecule has 2 amide bonds. The SMILES string of the molecule is CC(C)CNC(=O)C(Cc1ccccc1)N(Cc1ccc(Cl)cc1)C(=O)CN(c1ccc(Cl)cc1Cl)S(=O)(=O)c1ccccc1. The molecule has 4 aromatic rings. The molecule has 0 aromatic heterocycles. The Balaban J connectivity index is 1.81. The number of nitrogens with zero attached hydrogens (tertiary/aromatic N) is 2. The predicted molar refractivity (Wildman–Crippen MR) is 181 cm³/mol. The normalized spacial score (nSPS) is 12.0. The minimum absolute atomic E-state index is 0.0240. The monoisotopic (exact) mass is 685 g/mol. The van der Waals surface area contributed by atoms with Gasteiger partial charge in [-0.1, -0.05) is 109 Å². The number of rotatable bonds is 13. The number of hydrogen-bond donors (Lipinski definition) is 1. The quantitative estimate of drug-likeness (QED) is 0.161. The van der Waals surface area contributed by atoms with Gasteiger partial charge in [-0.25, -0.2) is 8.42 Å². The number of anilines is 1. The van der Waals surface area contributed by atoms with E-state index in [1.54, 1.807) is 42.5 Å². The van der Waals surface area contributed by atoms with E-state index >= 15 is 0 Å². The summed E-state index contributed by atoms with van der Waals surface area (Å²) < 4.78 is 29.1. The summed E-state index contributed by atoms with van der Waals surface area (Å²) >= 11 is 18.8. The van der Waals surface area contributed by atoms with Crippen LogP contribution < -0.4 is 9.62 Å². The van der Waals surface area contributed by atoms with Gasteiger partial charge >= 0.3 is 0 Å². The number of hydrogen-bond acceptors (Lipinski definition) is 4. The number of nitrogens with one attached hydrogen (secondary N) is 1. The lowest BCUT2D eigenvalue weighted by molar-refractivity contribution is -0.140. The second kappa shape index (κ2) is 15.6. The Kier molecular flexibility index (Phi) is 11.9. The zero-order valence-corrected chi connectivity index (χ0v) is 28.0. The van der Waals surface area contributed by atoms with Crippen molar-refractivity contribution in [3.63, 3.8) is 0 Å². The molecule has 0 saturated heterocycles. The van der Waals surface area contributed by atoms with Crippen LogP contribution in [0, 0.1) is 5.92 Å². The van der Waals surface area contributed by atoms with Gasteiger partial charge in [0.15, 0.2) is 0 Å². The minimum atomic E-state index is -4.28. The topological polar surface area (TPSA) is 86.8 Å². The number of amides is 2. The van der Waals surface area contributed by atoms with Crippen LogP contribution in [-0.4, -0.2) is 44.3 Å². The van der Waals surface area contributed by atoms with E-state index in [-0.39, 0.29) is 40.4 Å². The molecule has 7 nitrogen and oxygen atoms in total. The highest BCUT2D eigenvalue weighted by Crippen LogP contribution is 2.33. The smallest absolute Gasteiger partial charge is 0.264 e. The summed E-state index contributed by atoms with van der Waals surface area (Å²) in [6, 6.07) is 27.5. The standard InChI is InChI=1S/C34H34Cl3N3O4S/c1-24(2)21-38-34(42)32(19-25-9-5-3-6-10-25)39(22-26-13-15-27(35)16-14-26)33(41)23-40(31-18-17-28(36)20-30(31)37)45(43,44)29-11-7-4-8-12-29/h3-18,20,24,32H,19,21-23H2,1-2H3,(H,38,42). The molecule has 0 fully saturated rings. The highest BCUT2D eigenvalue weighted by Gasteiger charge is 2.35. The van der Waals surface area contributed by atoms with Crippen molar-refractivity contribution in [3.05, 3.63) is 129 Å². The van der Waals surface area contributed by atoms with Crippen molar-refractivity contribution in [3.8, 4) is 0 Å². The van der Waals surface area contributed by atoms with Crippen LogP contribution in [0.15, 0.2) is 108 Å². The number of sulfonamides is 1. The maximum absolute atomic E-state index is 14.5. The third-order valence-electron chi connectivity index (χ3n) is 7.01. The van der Waals surface area contributed by atoms with E-state index in [1.165, 1.54) is 35.2 Å². The largest absolute Gasteiger partial charge is 0.354 e. The Bertz CT molecular complexity index is 1700. The highest BCUT2D eigenvalue weighted by molar-refractivity contribution is 7.92. The molecule has 1 N–H and O–H groups in total. The van der Waals surface area contributed by atoms with Gasteiger partial charge in [-0.2, -0.15) is 0 Å². The van der Waals surface area contributed by atoms with Crippen LogP contribution in [-0.2, 0) is 32.6 Å². The summed E-state index contributed by atoms with van der Waals surface area (Å²) in [7, 11) is -4.28. The molecule has 0 saturated carbocycles. The Morgan fingerprint density at radius 1 is 0.778 bits per heavy atom. The van der Waals surface area contributed by atoms with Gasteiger partial charge in [0, 0.05) is 29.6 Å². The summed E-state index contributed by atoms with van der Waals surface area (Å²) in [5.41, 5.74) is 1.63. The van der Waals surface area contributed by atoms with Crippen LogP contribution in [0.3, 0.4) is 0 Å². The van der Waals surface area contributed by atoms with Gasteiger partial charge in [-0.15, -0.1) is 0 Å². The molecule has 0 spiro atoms. The Morgan fingerprint density at radius 3 is 1.98 bits per heavy atom. The Morgan fingerprint density at radius 2 is 1.38 bits per heavy atom. The van der Waals surface area contributed by atoms with Crippen molar-refractivity contribution < 1.29 is 18.0 Å². The zero-order chi connectivity index (χ0) is 32.6. The van der Waals surface area contributed by atoms with Gasteiger partial charge < -0.3 is 10.2 Å².